The van der Waals surface area contributed by atoms with Crippen LogP contribution in [0, 0.1) is 6.92 Å². The van der Waals surface area contributed by atoms with E-state index in [1.165, 1.54) is 11.1 Å². The fourth-order valence-corrected chi connectivity index (χ4v) is 1.78. The number of hydrogen-bond acceptors (Lipinski definition) is 3. The topological polar surface area (TPSA) is 51.8 Å². The van der Waals surface area contributed by atoms with Crippen LogP contribution in [0.4, 0.5) is 0 Å². The first kappa shape index (κ1) is 11.7. The van der Waals surface area contributed by atoms with Gasteiger partial charge < -0.3 is 5.73 Å². The molecule has 0 unspecified atom stereocenters. The van der Waals surface area contributed by atoms with E-state index >= 15 is 0 Å². The summed E-state index contributed by atoms with van der Waals surface area (Å²) >= 11 is 0. The fraction of sp³-hybridized carbons (Fsp3) is 0.286. The van der Waals surface area contributed by atoms with Gasteiger partial charge >= 0.3 is 0 Å². The molecule has 0 spiro atoms. The lowest BCUT2D eigenvalue weighted by Crippen LogP contribution is -2.03. The summed E-state index contributed by atoms with van der Waals surface area (Å²) in [5, 5.41) is 0. The van der Waals surface area contributed by atoms with Crippen LogP contribution in [-0.2, 0) is 6.42 Å². The molecule has 0 amide bonds. The Balaban J connectivity index is 2.21. The number of benzene rings is 1. The third-order valence-electron chi connectivity index (χ3n) is 2.77. The molecule has 0 atom stereocenters. The van der Waals surface area contributed by atoms with Gasteiger partial charge in [0.2, 0.25) is 0 Å². The molecule has 2 aromatic rings. The van der Waals surface area contributed by atoms with Crippen molar-refractivity contribution >= 4 is 0 Å². The quantitative estimate of drug-likeness (QED) is 0.872. The van der Waals surface area contributed by atoms with Gasteiger partial charge in [-0.25, -0.2) is 9.97 Å². The molecule has 1 heterocycles. The summed E-state index contributed by atoms with van der Waals surface area (Å²) in [6.07, 6.45) is 5.57. The highest BCUT2D eigenvalue weighted by atomic mass is 14.9. The molecule has 17 heavy (non-hydrogen) atoms. The van der Waals surface area contributed by atoms with Crippen LogP contribution < -0.4 is 5.73 Å². The molecule has 88 valence electrons. The summed E-state index contributed by atoms with van der Waals surface area (Å²) in [7, 11) is 0. The minimum absolute atomic E-state index is 0.683. The number of aryl methyl sites for hydroxylation is 2. The van der Waals surface area contributed by atoms with Crippen molar-refractivity contribution < 1.29 is 0 Å². The van der Waals surface area contributed by atoms with E-state index in [9.17, 15) is 0 Å². The maximum atomic E-state index is 5.46. The van der Waals surface area contributed by atoms with E-state index in [1.54, 1.807) is 0 Å². The van der Waals surface area contributed by atoms with Crippen LogP contribution in [0.3, 0.4) is 0 Å². The van der Waals surface area contributed by atoms with E-state index in [1.807, 2.05) is 24.5 Å². The SMILES string of the molecule is Cc1ccccc1-c1cnc(CCCN)nc1. The van der Waals surface area contributed by atoms with E-state index < -0.39 is 0 Å². The third kappa shape index (κ3) is 2.88. The summed E-state index contributed by atoms with van der Waals surface area (Å²) in [4.78, 5) is 8.73. The van der Waals surface area contributed by atoms with Crippen molar-refractivity contribution in [3.05, 3.63) is 48.0 Å². The van der Waals surface area contributed by atoms with Gasteiger partial charge in [0.25, 0.3) is 0 Å². The maximum Gasteiger partial charge on any atom is 0.128 e. The normalized spacial score (nSPS) is 10.5. The third-order valence-corrected chi connectivity index (χ3v) is 2.77. The first-order chi connectivity index (χ1) is 8.31. The second kappa shape index (κ2) is 5.55. The molecule has 2 rings (SSSR count). The molecule has 0 fully saturated rings. The Morgan fingerprint density at radius 3 is 2.47 bits per heavy atom. The number of nitrogens with zero attached hydrogens (tertiary/aromatic N) is 2. The van der Waals surface area contributed by atoms with Gasteiger partial charge in [-0.15, -0.1) is 0 Å². The van der Waals surface area contributed by atoms with E-state index in [-0.39, 0.29) is 0 Å². The van der Waals surface area contributed by atoms with Gasteiger partial charge in [-0.2, -0.15) is 0 Å². The van der Waals surface area contributed by atoms with E-state index in [0.717, 1.165) is 24.2 Å². The molecular formula is C14H17N3. The summed E-state index contributed by atoms with van der Waals surface area (Å²) in [5.74, 6) is 0.868. The van der Waals surface area contributed by atoms with Crippen LogP contribution in [-0.4, -0.2) is 16.5 Å². The van der Waals surface area contributed by atoms with Crippen LogP contribution in [0.1, 0.15) is 17.8 Å². The monoisotopic (exact) mass is 227 g/mol. The Morgan fingerprint density at radius 1 is 1.12 bits per heavy atom. The average Bonchev–Trinajstić information content (AvgIpc) is 2.38. The van der Waals surface area contributed by atoms with Crippen LogP contribution in [0.2, 0.25) is 0 Å². The lowest BCUT2D eigenvalue weighted by Gasteiger charge is -2.05. The van der Waals surface area contributed by atoms with Crippen molar-refractivity contribution in [1.29, 1.82) is 0 Å². The Labute approximate surface area is 102 Å². The van der Waals surface area contributed by atoms with Crippen molar-refractivity contribution in [3.63, 3.8) is 0 Å². The number of rotatable bonds is 4. The summed E-state index contributed by atoms with van der Waals surface area (Å²) in [5.41, 5.74) is 8.96. The van der Waals surface area contributed by atoms with Gasteiger partial charge in [0.15, 0.2) is 0 Å². The van der Waals surface area contributed by atoms with Crippen molar-refractivity contribution in [2.24, 2.45) is 5.73 Å². The molecule has 1 aromatic heterocycles. The summed E-state index contributed by atoms with van der Waals surface area (Å²) < 4.78 is 0. The van der Waals surface area contributed by atoms with Gasteiger partial charge in [0.1, 0.15) is 5.82 Å². The van der Waals surface area contributed by atoms with Gasteiger partial charge in [0, 0.05) is 24.4 Å². The molecule has 0 aliphatic heterocycles. The van der Waals surface area contributed by atoms with Crippen molar-refractivity contribution in [3.8, 4) is 11.1 Å². The Kier molecular flexibility index (Phi) is 3.83. The van der Waals surface area contributed by atoms with Crippen LogP contribution in [0.15, 0.2) is 36.7 Å². The predicted octanol–water partition coefficient (Wildman–Crippen LogP) is 2.34. The number of nitrogens with two attached hydrogens (primary N) is 1. The minimum Gasteiger partial charge on any atom is -0.330 e. The zero-order valence-electron chi connectivity index (χ0n) is 10.1. The Morgan fingerprint density at radius 2 is 1.82 bits per heavy atom. The van der Waals surface area contributed by atoms with Gasteiger partial charge in [-0.3, -0.25) is 0 Å². The highest BCUT2D eigenvalue weighted by molar-refractivity contribution is 5.65. The number of aromatic nitrogens is 2. The largest absolute Gasteiger partial charge is 0.330 e. The summed E-state index contributed by atoms with van der Waals surface area (Å²) in [6.45, 7) is 2.78. The lowest BCUT2D eigenvalue weighted by atomic mass is 10.0. The molecule has 0 radical (unpaired) electrons. The lowest BCUT2D eigenvalue weighted by molar-refractivity contribution is 0.781. The standard InChI is InChI=1S/C14H17N3/c1-11-5-2-3-6-13(11)12-9-16-14(17-10-12)7-4-8-15/h2-3,5-6,9-10H,4,7-8,15H2,1H3. The highest BCUT2D eigenvalue weighted by Gasteiger charge is 2.02. The summed E-state index contributed by atoms with van der Waals surface area (Å²) in [6, 6.07) is 8.26. The van der Waals surface area contributed by atoms with Crippen molar-refractivity contribution in [1.82, 2.24) is 9.97 Å². The molecule has 0 aliphatic carbocycles. The van der Waals surface area contributed by atoms with Gasteiger partial charge in [-0.05, 0) is 31.0 Å². The fourth-order valence-electron chi connectivity index (χ4n) is 1.78. The number of hydrogen-bond donors (Lipinski definition) is 1. The first-order valence-corrected chi connectivity index (χ1v) is 5.88. The molecule has 1 aromatic carbocycles. The first-order valence-electron chi connectivity index (χ1n) is 5.88. The molecule has 0 saturated heterocycles. The van der Waals surface area contributed by atoms with Crippen LogP contribution >= 0.6 is 0 Å². The molecule has 3 heteroatoms. The van der Waals surface area contributed by atoms with E-state index in [0.29, 0.717) is 6.54 Å². The van der Waals surface area contributed by atoms with E-state index in [2.05, 4.69) is 29.0 Å². The van der Waals surface area contributed by atoms with Crippen molar-refractivity contribution in [2.45, 2.75) is 19.8 Å². The van der Waals surface area contributed by atoms with Gasteiger partial charge in [-0.1, -0.05) is 24.3 Å². The van der Waals surface area contributed by atoms with E-state index in [4.69, 9.17) is 5.73 Å². The molecule has 0 bridgehead atoms. The zero-order valence-corrected chi connectivity index (χ0v) is 10.1. The second-order valence-corrected chi connectivity index (χ2v) is 4.10. The average molecular weight is 227 g/mol. The second-order valence-electron chi connectivity index (χ2n) is 4.10. The molecular weight excluding hydrogens is 210 g/mol. The Bertz CT molecular complexity index is 477. The molecule has 0 saturated carbocycles. The van der Waals surface area contributed by atoms with Gasteiger partial charge in [0.05, 0.1) is 0 Å². The molecule has 2 N–H and O–H groups in total. The zero-order chi connectivity index (χ0) is 12.1. The smallest absolute Gasteiger partial charge is 0.128 e. The Hall–Kier alpha value is -1.74. The molecule has 0 aliphatic rings. The van der Waals surface area contributed by atoms with Crippen LogP contribution in [0.5, 0.6) is 0 Å². The van der Waals surface area contributed by atoms with Crippen molar-refractivity contribution in [2.75, 3.05) is 6.54 Å². The predicted molar refractivity (Wildman–Crippen MR) is 69.6 cm³/mol. The highest BCUT2D eigenvalue weighted by Crippen LogP contribution is 2.21. The minimum atomic E-state index is 0.683. The molecule has 3 nitrogen and oxygen atoms in total. The maximum absolute atomic E-state index is 5.46. The van der Waals surface area contributed by atoms with Crippen LogP contribution in [0.25, 0.3) is 11.1 Å².